The molecular weight excluding hydrogens is 664 g/mol. The van der Waals surface area contributed by atoms with Crippen molar-refractivity contribution in [1.29, 1.82) is 0 Å². The number of ether oxygens (including phenoxy) is 6. The molecule has 3 aliphatic rings. The first-order chi connectivity index (χ1) is 24.3. The van der Waals surface area contributed by atoms with Gasteiger partial charge in [-0.1, -0.05) is 37.6 Å². The van der Waals surface area contributed by atoms with E-state index in [4.69, 9.17) is 40.0 Å². The topological polar surface area (TPSA) is 61.6 Å². The molecule has 0 radical (unpaired) electrons. The maximum absolute atomic E-state index is 7.27. The summed E-state index contributed by atoms with van der Waals surface area (Å²) in [5.41, 5.74) is 8.26. The molecule has 0 spiro atoms. The summed E-state index contributed by atoms with van der Waals surface area (Å²) in [5, 5.41) is 0.803. The third-order valence-electron chi connectivity index (χ3n) is 10.6. The second-order valence-electron chi connectivity index (χ2n) is 14.2. The molecule has 0 saturated carbocycles. The zero-order chi connectivity index (χ0) is 37.2. The molecule has 9 heteroatoms. The Bertz CT molecular complexity index is 1800. The van der Waals surface area contributed by atoms with E-state index in [-0.39, 0.29) is 23.3 Å². The van der Waals surface area contributed by atoms with E-state index in [9.17, 15) is 0 Å². The quantitative estimate of drug-likeness (QED) is 0.191. The Labute approximate surface area is 310 Å². The number of nitrogens with zero attached hydrogens (tertiary/aromatic N) is 2. The fourth-order valence-corrected chi connectivity index (χ4v) is 8.15. The summed E-state index contributed by atoms with van der Waals surface area (Å²) in [5.74, 6) is 2.80. The summed E-state index contributed by atoms with van der Waals surface area (Å²) < 4.78 is 37.4. The molecule has 2 aromatic rings. The van der Waals surface area contributed by atoms with Gasteiger partial charge in [-0.2, -0.15) is 4.58 Å². The van der Waals surface area contributed by atoms with Gasteiger partial charge in [-0.25, -0.2) is 0 Å². The molecule has 2 aromatic carbocycles. The predicted molar refractivity (Wildman–Crippen MR) is 207 cm³/mol. The summed E-state index contributed by atoms with van der Waals surface area (Å²) in [6, 6.07) is 8.29. The van der Waals surface area contributed by atoms with Crippen LogP contribution in [0.3, 0.4) is 0 Å². The number of anilines is 1. The molecule has 8 nitrogen and oxygen atoms in total. The van der Waals surface area contributed by atoms with Crippen LogP contribution >= 0.6 is 11.6 Å². The second-order valence-corrected chi connectivity index (χ2v) is 14.6. The minimum absolute atomic E-state index is 0.188. The average Bonchev–Trinajstić information content (AvgIpc) is 3.46. The second kappa shape index (κ2) is 15.5. The molecule has 2 heterocycles. The monoisotopic (exact) mass is 719 g/mol. The molecule has 5 rings (SSSR count). The number of fused-ring (bicyclic) bond motifs is 2. The van der Waals surface area contributed by atoms with Crippen molar-refractivity contribution in [3.63, 3.8) is 0 Å². The number of halogens is 1. The summed E-state index contributed by atoms with van der Waals surface area (Å²) >= 11 is 7.27. The van der Waals surface area contributed by atoms with Crippen molar-refractivity contribution in [2.75, 3.05) is 46.6 Å². The van der Waals surface area contributed by atoms with E-state index < -0.39 is 0 Å². The maximum atomic E-state index is 7.27. The molecule has 0 bridgehead atoms. The number of methoxy groups -OCH3 is 4. The van der Waals surface area contributed by atoms with Crippen molar-refractivity contribution in [1.82, 2.24) is 0 Å². The molecule has 2 atom stereocenters. The number of hydrogen-bond acceptors (Lipinski definition) is 7. The van der Waals surface area contributed by atoms with Crippen molar-refractivity contribution in [3.05, 3.63) is 81.6 Å². The highest BCUT2D eigenvalue weighted by atomic mass is 35.5. The molecule has 0 fully saturated rings. The predicted octanol–water partition coefficient (Wildman–Crippen LogP) is 9.70. The third kappa shape index (κ3) is 6.95. The lowest BCUT2D eigenvalue weighted by Gasteiger charge is -2.31. The Balaban J connectivity index is 1.57. The Kier molecular flexibility index (Phi) is 11.7. The summed E-state index contributed by atoms with van der Waals surface area (Å²) in [7, 11) is 6.69. The Morgan fingerprint density at radius 1 is 0.765 bits per heavy atom. The molecule has 276 valence electrons. The van der Waals surface area contributed by atoms with Crippen LogP contribution in [0, 0.1) is 0 Å². The van der Waals surface area contributed by atoms with Gasteiger partial charge in [0.1, 0.15) is 6.23 Å². The molecule has 0 N–H and O–H groups in total. The molecule has 1 aliphatic carbocycles. The first kappa shape index (κ1) is 38.5. The van der Waals surface area contributed by atoms with E-state index in [1.165, 1.54) is 0 Å². The molecule has 0 saturated heterocycles. The van der Waals surface area contributed by atoms with E-state index in [0.29, 0.717) is 36.2 Å². The van der Waals surface area contributed by atoms with E-state index in [2.05, 4.69) is 99.6 Å². The largest absolute Gasteiger partial charge is 0.493 e. The van der Waals surface area contributed by atoms with Gasteiger partial charge >= 0.3 is 0 Å². The highest BCUT2D eigenvalue weighted by Crippen LogP contribution is 2.53. The molecule has 0 amide bonds. The van der Waals surface area contributed by atoms with E-state index in [0.717, 1.165) is 69.4 Å². The highest BCUT2D eigenvalue weighted by molar-refractivity contribution is 6.32. The van der Waals surface area contributed by atoms with Gasteiger partial charge in [0.05, 0.1) is 52.2 Å². The third-order valence-corrected chi connectivity index (χ3v) is 11.0. The minimum atomic E-state index is -0.323. The zero-order valence-electron chi connectivity index (χ0n) is 32.5. The molecule has 2 unspecified atom stereocenters. The Hall–Kier alpha value is -3.72. The Morgan fingerprint density at radius 2 is 1.35 bits per heavy atom. The number of rotatable bonds is 13. The standard InChI is InChI=1S/C42H56ClN2O6/c1-13-50-26(3)44-32-24-36(48-11)34(46-9)22-30(32)41(5,6)38(44)20-18-28-16-15-17-29(40(28)43)19-21-39-42(7,8)31-23-35(47-10)37(49-12)25-33(31)45(39)27(4)51-14-2/h18-27H,13-17H2,1-12H3/q+1. The summed E-state index contributed by atoms with van der Waals surface area (Å²) in [6.45, 7) is 18.4. The minimum Gasteiger partial charge on any atom is -0.493 e. The van der Waals surface area contributed by atoms with Crippen molar-refractivity contribution in [3.8, 4) is 23.0 Å². The molecular formula is C42H56ClN2O6+. The van der Waals surface area contributed by atoms with Crippen molar-refractivity contribution in [2.24, 2.45) is 0 Å². The number of hydrogen-bond donors (Lipinski definition) is 0. The summed E-state index contributed by atoms with van der Waals surface area (Å²) in [4.78, 5) is 2.27. The SMILES string of the molecule is CCOC(C)N1/C(=C\C=C2/CCCC(/C=C/C3=[N+](C(C)OCC)c4cc(OC)c(OC)cc4C3(C)C)=C2Cl)C(C)(C)c2cc(OC)c(OC)cc21. The van der Waals surface area contributed by atoms with Crippen LogP contribution in [0.5, 0.6) is 23.0 Å². The lowest BCUT2D eigenvalue weighted by atomic mass is 9.81. The van der Waals surface area contributed by atoms with Crippen LogP contribution in [0.1, 0.15) is 85.8 Å². The average molecular weight is 720 g/mol. The molecule has 51 heavy (non-hydrogen) atoms. The van der Waals surface area contributed by atoms with Gasteiger partial charge in [0, 0.05) is 47.4 Å². The van der Waals surface area contributed by atoms with E-state index in [1.54, 1.807) is 28.4 Å². The van der Waals surface area contributed by atoms with Crippen LogP contribution in [-0.4, -0.2) is 64.4 Å². The number of benzene rings is 2. The first-order valence-corrected chi connectivity index (χ1v) is 18.4. The van der Waals surface area contributed by atoms with Crippen molar-refractivity contribution in [2.45, 2.75) is 97.9 Å². The lowest BCUT2D eigenvalue weighted by molar-refractivity contribution is -0.535. The summed E-state index contributed by atoms with van der Waals surface area (Å²) in [6.07, 6.45) is 11.3. The fraction of sp³-hybridized carbons (Fsp3) is 0.500. The molecule has 2 aliphatic heterocycles. The van der Waals surface area contributed by atoms with Gasteiger partial charge in [-0.15, -0.1) is 0 Å². The van der Waals surface area contributed by atoms with Gasteiger partial charge in [-0.05, 0) is 88.8 Å². The van der Waals surface area contributed by atoms with Gasteiger partial charge in [-0.3, -0.25) is 0 Å². The van der Waals surface area contributed by atoms with Crippen LogP contribution in [-0.2, 0) is 20.3 Å². The highest BCUT2D eigenvalue weighted by Gasteiger charge is 2.48. The van der Waals surface area contributed by atoms with E-state index in [1.807, 2.05) is 13.8 Å². The van der Waals surface area contributed by atoms with Gasteiger partial charge < -0.3 is 33.3 Å². The number of allylic oxidation sites excluding steroid dienone is 8. The van der Waals surface area contributed by atoms with Crippen LogP contribution in [0.2, 0.25) is 0 Å². The maximum Gasteiger partial charge on any atom is 0.260 e. The zero-order valence-corrected chi connectivity index (χ0v) is 33.3. The van der Waals surface area contributed by atoms with E-state index >= 15 is 0 Å². The van der Waals surface area contributed by atoms with Crippen LogP contribution in [0.25, 0.3) is 0 Å². The van der Waals surface area contributed by atoms with Crippen LogP contribution < -0.4 is 23.8 Å². The first-order valence-electron chi connectivity index (χ1n) is 18.0. The van der Waals surface area contributed by atoms with Crippen LogP contribution in [0.15, 0.2) is 70.4 Å². The van der Waals surface area contributed by atoms with Gasteiger partial charge in [0.15, 0.2) is 28.7 Å². The molecule has 0 aromatic heterocycles. The van der Waals surface area contributed by atoms with Crippen LogP contribution in [0.4, 0.5) is 11.4 Å². The lowest BCUT2D eigenvalue weighted by Crippen LogP contribution is -2.35. The smallest absolute Gasteiger partial charge is 0.260 e. The Morgan fingerprint density at radius 3 is 1.96 bits per heavy atom. The van der Waals surface area contributed by atoms with Gasteiger partial charge in [0.25, 0.3) is 6.23 Å². The van der Waals surface area contributed by atoms with Crippen molar-refractivity contribution < 1.29 is 33.0 Å². The normalized spacial score (nSPS) is 20.7. The fourth-order valence-electron chi connectivity index (χ4n) is 7.83. The van der Waals surface area contributed by atoms with Gasteiger partial charge in [0.2, 0.25) is 5.69 Å². The van der Waals surface area contributed by atoms with Crippen molar-refractivity contribution >= 4 is 28.7 Å².